The van der Waals surface area contributed by atoms with Gasteiger partial charge in [-0.15, -0.1) is 0 Å². The smallest absolute Gasteiger partial charge is 0.347 e. The van der Waals surface area contributed by atoms with Crippen molar-refractivity contribution in [1.29, 1.82) is 0 Å². The molecule has 0 amide bonds. The molecule has 6 nitrogen and oxygen atoms in total. The molecule has 0 unspecified atom stereocenters. The average molecular weight is 338 g/mol. The minimum Gasteiger partial charge on any atom is -0.506 e. The van der Waals surface area contributed by atoms with Crippen molar-refractivity contribution < 1.29 is 14.6 Å². The first kappa shape index (κ1) is 16.6. The van der Waals surface area contributed by atoms with Gasteiger partial charge in [0.15, 0.2) is 5.56 Å². The van der Waals surface area contributed by atoms with Crippen molar-refractivity contribution in [2.24, 2.45) is 0 Å². The van der Waals surface area contributed by atoms with Gasteiger partial charge in [0, 0.05) is 11.1 Å². The summed E-state index contributed by atoms with van der Waals surface area (Å²) < 4.78 is 6.35. The van der Waals surface area contributed by atoms with Gasteiger partial charge in [-0.05, 0) is 30.7 Å². The maximum absolute atomic E-state index is 12.9. The Balaban J connectivity index is 2.28. The van der Waals surface area contributed by atoms with Crippen molar-refractivity contribution >= 4 is 22.6 Å². The lowest BCUT2D eigenvalue weighted by Gasteiger charge is -2.15. The summed E-state index contributed by atoms with van der Waals surface area (Å²) in [6.07, 6.45) is 0. The van der Waals surface area contributed by atoms with Crippen LogP contribution in [-0.2, 0) is 11.3 Å². The Morgan fingerprint density at radius 1 is 1.16 bits per heavy atom. The van der Waals surface area contributed by atoms with E-state index in [2.05, 4.69) is 0 Å². The number of hydrogen-bond acceptors (Lipinski definition) is 5. The van der Waals surface area contributed by atoms with Gasteiger partial charge in [-0.2, -0.15) is 0 Å². The Morgan fingerprint density at radius 3 is 2.56 bits per heavy atom. The van der Waals surface area contributed by atoms with Crippen molar-refractivity contribution in [3.05, 3.63) is 70.0 Å². The van der Waals surface area contributed by atoms with Crippen molar-refractivity contribution in [1.82, 2.24) is 4.57 Å². The maximum atomic E-state index is 12.9. The number of pyridine rings is 1. The van der Waals surface area contributed by atoms with Crippen molar-refractivity contribution in [3.63, 3.8) is 0 Å². The number of anilines is 1. The lowest BCUT2D eigenvalue weighted by Crippen LogP contribution is -2.28. The topological polar surface area (TPSA) is 94.6 Å². The number of nitrogens with zero attached hydrogens (tertiary/aromatic N) is 1. The van der Waals surface area contributed by atoms with Crippen LogP contribution in [-0.4, -0.2) is 22.2 Å². The van der Waals surface area contributed by atoms with Crippen LogP contribution in [0.4, 0.5) is 5.69 Å². The third-order valence-electron chi connectivity index (χ3n) is 4.01. The summed E-state index contributed by atoms with van der Waals surface area (Å²) in [5.41, 5.74) is 6.81. The van der Waals surface area contributed by atoms with Gasteiger partial charge < -0.3 is 20.1 Å². The van der Waals surface area contributed by atoms with Crippen molar-refractivity contribution in [2.75, 3.05) is 12.3 Å². The van der Waals surface area contributed by atoms with Crippen LogP contribution in [0.5, 0.6) is 5.75 Å². The minimum absolute atomic E-state index is 0.107. The Hall–Kier alpha value is -3.28. The summed E-state index contributed by atoms with van der Waals surface area (Å²) in [5.74, 6) is -1.21. The number of nitrogen functional groups attached to an aromatic ring is 1. The monoisotopic (exact) mass is 338 g/mol. The van der Waals surface area contributed by atoms with E-state index in [0.717, 1.165) is 5.56 Å². The Kier molecular flexibility index (Phi) is 4.43. The summed E-state index contributed by atoms with van der Waals surface area (Å²) >= 11 is 0. The molecular weight excluding hydrogens is 320 g/mol. The molecule has 0 bridgehead atoms. The molecule has 2 aromatic carbocycles. The largest absolute Gasteiger partial charge is 0.506 e. The molecule has 0 atom stereocenters. The molecule has 128 valence electrons. The Morgan fingerprint density at radius 2 is 1.84 bits per heavy atom. The van der Waals surface area contributed by atoms with Gasteiger partial charge in [-0.3, -0.25) is 4.79 Å². The van der Waals surface area contributed by atoms with E-state index in [4.69, 9.17) is 10.5 Å². The fourth-order valence-electron chi connectivity index (χ4n) is 2.78. The molecule has 0 aliphatic heterocycles. The molecular formula is C19H18N2O4. The van der Waals surface area contributed by atoms with Crippen LogP contribution in [0.2, 0.25) is 0 Å². The van der Waals surface area contributed by atoms with Gasteiger partial charge in [0.1, 0.15) is 5.75 Å². The highest BCUT2D eigenvalue weighted by molar-refractivity contribution is 5.99. The predicted molar refractivity (Wildman–Crippen MR) is 95.8 cm³/mol. The number of rotatable bonds is 4. The van der Waals surface area contributed by atoms with Crippen molar-refractivity contribution in [2.45, 2.75) is 13.5 Å². The van der Waals surface area contributed by atoms with Crippen LogP contribution in [0.15, 0.2) is 53.3 Å². The minimum atomic E-state index is -0.842. The summed E-state index contributed by atoms with van der Waals surface area (Å²) in [6, 6.07) is 14.0. The van der Waals surface area contributed by atoms with Crippen molar-refractivity contribution in [3.8, 4) is 5.75 Å². The number of fused-ring (bicyclic) bond motifs is 1. The number of aromatic hydroxyl groups is 1. The SMILES string of the molecule is CCOC(=O)c1c(O)c2ccccc2n(Cc2ccccc2N)c1=O. The van der Waals surface area contributed by atoms with E-state index in [1.54, 1.807) is 43.3 Å². The number of benzene rings is 2. The molecule has 3 rings (SSSR count). The standard InChI is InChI=1S/C19H18N2O4/c1-2-25-19(24)16-17(22)13-8-4-6-10-15(13)21(18(16)23)11-12-7-3-5-9-14(12)20/h3-10,22H,2,11,20H2,1H3. The number of para-hydroxylation sites is 2. The van der Waals surface area contributed by atoms with Gasteiger partial charge in [-0.1, -0.05) is 30.3 Å². The zero-order valence-electron chi connectivity index (χ0n) is 13.7. The first-order valence-electron chi connectivity index (χ1n) is 7.89. The fourth-order valence-corrected chi connectivity index (χ4v) is 2.78. The lowest BCUT2D eigenvalue weighted by atomic mass is 10.1. The quantitative estimate of drug-likeness (QED) is 0.563. The zero-order valence-corrected chi connectivity index (χ0v) is 13.7. The van der Waals surface area contributed by atoms with Gasteiger partial charge in [-0.25, -0.2) is 4.79 Å². The highest BCUT2D eigenvalue weighted by Crippen LogP contribution is 2.27. The molecule has 0 aliphatic rings. The number of ether oxygens (including phenoxy) is 1. The number of carbonyl (C=O) groups excluding carboxylic acids is 1. The fraction of sp³-hybridized carbons (Fsp3) is 0.158. The number of carbonyl (C=O) groups is 1. The molecule has 25 heavy (non-hydrogen) atoms. The summed E-state index contributed by atoms with van der Waals surface area (Å²) in [4.78, 5) is 25.1. The molecule has 0 radical (unpaired) electrons. The third kappa shape index (κ3) is 2.94. The van der Waals surface area contributed by atoms with Crippen LogP contribution in [0.3, 0.4) is 0 Å². The van der Waals surface area contributed by atoms with Gasteiger partial charge in [0.05, 0.1) is 18.7 Å². The van der Waals surface area contributed by atoms with Crippen LogP contribution in [0, 0.1) is 0 Å². The third-order valence-corrected chi connectivity index (χ3v) is 4.01. The molecule has 3 aromatic rings. The highest BCUT2D eigenvalue weighted by Gasteiger charge is 2.23. The number of aromatic nitrogens is 1. The number of esters is 1. The molecule has 0 spiro atoms. The van der Waals surface area contributed by atoms with Gasteiger partial charge >= 0.3 is 5.97 Å². The number of nitrogens with two attached hydrogens (primary N) is 1. The molecule has 3 N–H and O–H groups in total. The molecule has 0 aliphatic carbocycles. The van der Waals surface area contributed by atoms with E-state index in [9.17, 15) is 14.7 Å². The predicted octanol–water partition coefficient (Wildman–Crippen LogP) is 2.51. The lowest BCUT2D eigenvalue weighted by molar-refractivity contribution is 0.0520. The molecule has 6 heteroatoms. The zero-order chi connectivity index (χ0) is 18.0. The van der Waals surface area contributed by atoms with E-state index in [1.165, 1.54) is 4.57 Å². The van der Waals surface area contributed by atoms with Crippen LogP contribution >= 0.6 is 0 Å². The summed E-state index contributed by atoms with van der Waals surface area (Å²) in [5, 5.41) is 10.8. The Labute approximate surface area is 144 Å². The molecule has 0 saturated carbocycles. The maximum Gasteiger partial charge on any atom is 0.347 e. The molecule has 0 saturated heterocycles. The van der Waals surface area contributed by atoms with Crippen LogP contribution < -0.4 is 11.3 Å². The van der Waals surface area contributed by atoms with E-state index in [-0.39, 0.29) is 24.5 Å². The van der Waals surface area contributed by atoms with E-state index < -0.39 is 11.5 Å². The molecule has 1 heterocycles. The summed E-state index contributed by atoms with van der Waals surface area (Å²) in [7, 11) is 0. The van der Waals surface area contributed by atoms with Crippen LogP contribution in [0.1, 0.15) is 22.8 Å². The molecule has 0 fully saturated rings. The van der Waals surface area contributed by atoms with Gasteiger partial charge in [0.2, 0.25) is 0 Å². The second kappa shape index (κ2) is 6.68. The van der Waals surface area contributed by atoms with E-state index in [1.807, 2.05) is 12.1 Å². The second-order valence-corrected chi connectivity index (χ2v) is 5.55. The highest BCUT2D eigenvalue weighted by atomic mass is 16.5. The average Bonchev–Trinajstić information content (AvgIpc) is 2.60. The first-order valence-corrected chi connectivity index (χ1v) is 7.89. The van der Waals surface area contributed by atoms with E-state index in [0.29, 0.717) is 16.6 Å². The van der Waals surface area contributed by atoms with Crippen LogP contribution in [0.25, 0.3) is 10.9 Å². The number of hydrogen-bond donors (Lipinski definition) is 2. The normalized spacial score (nSPS) is 10.8. The summed E-state index contributed by atoms with van der Waals surface area (Å²) in [6.45, 7) is 1.92. The van der Waals surface area contributed by atoms with E-state index >= 15 is 0 Å². The van der Waals surface area contributed by atoms with Gasteiger partial charge in [0.25, 0.3) is 5.56 Å². The first-order chi connectivity index (χ1) is 12.0. The Bertz CT molecular complexity index is 1010. The second-order valence-electron chi connectivity index (χ2n) is 5.55. The molecule has 1 aromatic heterocycles.